The number of carbonyl (C=O) groups is 1. The molecule has 0 aromatic carbocycles. The molecule has 1 aromatic heterocycles. The van der Waals surface area contributed by atoms with Crippen LogP contribution in [0.5, 0.6) is 0 Å². The van der Waals surface area contributed by atoms with Crippen molar-refractivity contribution in [3.05, 3.63) is 23.9 Å². The highest BCUT2D eigenvalue weighted by molar-refractivity contribution is 5.95. The fourth-order valence-corrected chi connectivity index (χ4v) is 4.20. The monoisotopic (exact) mass is 358 g/mol. The highest BCUT2D eigenvalue weighted by Crippen LogP contribution is 2.25. The van der Waals surface area contributed by atoms with Crippen LogP contribution in [0, 0.1) is 0 Å². The molecule has 1 N–H and O–H groups in total. The number of carbonyl (C=O) groups excluding carboxylic acids is 1. The topological polar surface area (TPSA) is 57.7 Å². The molecule has 3 aliphatic rings. The molecule has 26 heavy (non-hydrogen) atoms. The summed E-state index contributed by atoms with van der Waals surface area (Å²) in [5.41, 5.74) is 0.722. The summed E-state index contributed by atoms with van der Waals surface area (Å²) in [6, 6.07) is 4.76. The second-order valence-electron chi connectivity index (χ2n) is 8.08. The van der Waals surface area contributed by atoms with Crippen LogP contribution in [0.15, 0.2) is 18.3 Å². The zero-order chi connectivity index (χ0) is 18.1. The van der Waals surface area contributed by atoms with Crippen molar-refractivity contribution in [3.63, 3.8) is 0 Å². The van der Waals surface area contributed by atoms with Gasteiger partial charge in [0.15, 0.2) is 0 Å². The Hall–Kier alpha value is -1.66. The Kier molecular flexibility index (Phi) is 5.14. The number of amides is 1. The third-order valence-corrected chi connectivity index (χ3v) is 5.67. The molecular formula is C20H30N4O2. The maximum Gasteiger partial charge on any atom is 0.251 e. The zero-order valence-corrected chi connectivity index (χ0v) is 15.9. The van der Waals surface area contributed by atoms with Gasteiger partial charge in [-0.25, -0.2) is 4.98 Å². The van der Waals surface area contributed by atoms with Gasteiger partial charge in [0.05, 0.1) is 12.2 Å². The van der Waals surface area contributed by atoms with Crippen LogP contribution in [-0.2, 0) is 4.74 Å². The van der Waals surface area contributed by atoms with Crippen LogP contribution in [0.2, 0.25) is 0 Å². The van der Waals surface area contributed by atoms with Gasteiger partial charge in [-0.1, -0.05) is 0 Å². The van der Waals surface area contributed by atoms with Crippen molar-refractivity contribution in [1.29, 1.82) is 0 Å². The van der Waals surface area contributed by atoms with E-state index >= 15 is 0 Å². The molecule has 1 saturated carbocycles. The molecule has 0 unspecified atom stereocenters. The van der Waals surface area contributed by atoms with E-state index in [1.165, 1.54) is 0 Å². The van der Waals surface area contributed by atoms with Crippen LogP contribution in [0.3, 0.4) is 0 Å². The lowest BCUT2D eigenvalue weighted by atomic mass is 10.0. The van der Waals surface area contributed by atoms with E-state index in [1.807, 2.05) is 12.1 Å². The second-order valence-corrected chi connectivity index (χ2v) is 8.08. The molecule has 142 valence electrons. The molecule has 6 nitrogen and oxygen atoms in total. The first-order chi connectivity index (χ1) is 12.6. The standard InChI is InChI=1S/C20H30N4O2/c1-14-12-24(13-15(2)26-14)18-6-9-23(10-7-18)19-11-16(5-8-21-19)20(25)22-17-3-4-17/h5,8,11,14-15,17-18H,3-4,6-7,9-10,12-13H2,1-2H3,(H,22,25)/t14-,15+. The van der Waals surface area contributed by atoms with Gasteiger partial charge >= 0.3 is 0 Å². The van der Waals surface area contributed by atoms with E-state index in [0.717, 1.165) is 63.2 Å². The number of morpholine rings is 1. The summed E-state index contributed by atoms with van der Waals surface area (Å²) in [6.07, 6.45) is 6.89. The predicted octanol–water partition coefficient (Wildman–Crippen LogP) is 2.05. The summed E-state index contributed by atoms with van der Waals surface area (Å²) in [5, 5.41) is 3.05. The average Bonchev–Trinajstić information content (AvgIpc) is 3.45. The Labute approximate surface area is 155 Å². The molecule has 3 heterocycles. The first-order valence-corrected chi connectivity index (χ1v) is 10.00. The number of piperidine rings is 1. The van der Waals surface area contributed by atoms with Crippen LogP contribution >= 0.6 is 0 Å². The normalized spacial score (nSPS) is 28.2. The van der Waals surface area contributed by atoms with Gasteiger partial charge in [-0.15, -0.1) is 0 Å². The third-order valence-electron chi connectivity index (χ3n) is 5.67. The number of aromatic nitrogens is 1. The van der Waals surface area contributed by atoms with Gasteiger partial charge < -0.3 is 15.0 Å². The highest BCUT2D eigenvalue weighted by Gasteiger charge is 2.31. The summed E-state index contributed by atoms with van der Waals surface area (Å²) in [5.74, 6) is 0.956. The van der Waals surface area contributed by atoms with Gasteiger partial charge in [0.1, 0.15) is 5.82 Å². The highest BCUT2D eigenvalue weighted by atomic mass is 16.5. The molecule has 1 amide bonds. The first kappa shape index (κ1) is 17.7. The summed E-state index contributed by atoms with van der Waals surface area (Å²) in [7, 11) is 0. The average molecular weight is 358 g/mol. The van der Waals surface area contributed by atoms with Crippen LogP contribution in [0.4, 0.5) is 5.82 Å². The van der Waals surface area contributed by atoms with Crippen LogP contribution < -0.4 is 10.2 Å². The largest absolute Gasteiger partial charge is 0.373 e. The van der Waals surface area contributed by atoms with E-state index in [9.17, 15) is 4.79 Å². The number of nitrogens with zero attached hydrogens (tertiary/aromatic N) is 3. The molecular weight excluding hydrogens is 328 g/mol. The predicted molar refractivity (Wildman–Crippen MR) is 102 cm³/mol. The summed E-state index contributed by atoms with van der Waals surface area (Å²) < 4.78 is 5.87. The van der Waals surface area contributed by atoms with Gasteiger partial charge in [-0.3, -0.25) is 9.69 Å². The number of rotatable bonds is 4. The van der Waals surface area contributed by atoms with Crippen LogP contribution in [0.1, 0.15) is 49.9 Å². The van der Waals surface area contributed by atoms with E-state index in [-0.39, 0.29) is 5.91 Å². The number of nitrogens with one attached hydrogen (secondary N) is 1. The smallest absolute Gasteiger partial charge is 0.251 e. The fourth-order valence-electron chi connectivity index (χ4n) is 4.20. The molecule has 2 saturated heterocycles. The molecule has 6 heteroatoms. The fraction of sp³-hybridized carbons (Fsp3) is 0.700. The summed E-state index contributed by atoms with van der Waals surface area (Å²) in [4.78, 5) is 21.7. The van der Waals surface area contributed by atoms with Gasteiger partial charge in [0, 0.05) is 50.0 Å². The van der Waals surface area contributed by atoms with Crippen molar-refractivity contribution in [2.75, 3.05) is 31.1 Å². The third kappa shape index (κ3) is 4.18. The van der Waals surface area contributed by atoms with Gasteiger partial charge in [-0.05, 0) is 51.7 Å². The van der Waals surface area contributed by atoms with Crippen molar-refractivity contribution in [1.82, 2.24) is 15.2 Å². The zero-order valence-electron chi connectivity index (χ0n) is 15.9. The van der Waals surface area contributed by atoms with E-state index in [2.05, 4.69) is 33.9 Å². The lowest BCUT2D eigenvalue weighted by Gasteiger charge is -2.43. The molecule has 2 atom stereocenters. The lowest BCUT2D eigenvalue weighted by Crippen LogP contribution is -2.53. The van der Waals surface area contributed by atoms with Crippen molar-refractivity contribution in [2.24, 2.45) is 0 Å². The van der Waals surface area contributed by atoms with Gasteiger partial charge in [0.2, 0.25) is 0 Å². The SMILES string of the molecule is C[C@@H]1CN(C2CCN(c3cc(C(=O)NC4CC4)ccn3)CC2)C[C@H](C)O1. The number of hydrogen-bond acceptors (Lipinski definition) is 5. The minimum absolute atomic E-state index is 0.0299. The molecule has 1 aromatic rings. The first-order valence-electron chi connectivity index (χ1n) is 10.00. The number of ether oxygens (including phenoxy) is 1. The van der Waals surface area contributed by atoms with E-state index in [0.29, 0.717) is 24.3 Å². The maximum absolute atomic E-state index is 12.3. The van der Waals surface area contributed by atoms with Crippen LogP contribution in [0.25, 0.3) is 0 Å². The van der Waals surface area contributed by atoms with E-state index in [1.54, 1.807) is 6.20 Å². The molecule has 1 aliphatic carbocycles. The van der Waals surface area contributed by atoms with E-state index < -0.39 is 0 Å². The second kappa shape index (κ2) is 7.53. The molecule has 4 rings (SSSR count). The Balaban J connectivity index is 1.35. The maximum atomic E-state index is 12.3. The van der Waals surface area contributed by atoms with Gasteiger partial charge in [-0.2, -0.15) is 0 Å². The van der Waals surface area contributed by atoms with Gasteiger partial charge in [0.25, 0.3) is 5.91 Å². The molecule has 0 bridgehead atoms. The summed E-state index contributed by atoms with van der Waals surface area (Å²) in [6.45, 7) is 8.38. The lowest BCUT2D eigenvalue weighted by molar-refractivity contribution is -0.0826. The molecule has 3 fully saturated rings. The minimum Gasteiger partial charge on any atom is -0.373 e. The molecule has 2 aliphatic heterocycles. The number of pyridine rings is 1. The van der Waals surface area contributed by atoms with Crippen molar-refractivity contribution in [3.8, 4) is 0 Å². The minimum atomic E-state index is 0.0299. The van der Waals surface area contributed by atoms with Crippen molar-refractivity contribution in [2.45, 2.75) is 63.8 Å². The molecule has 0 radical (unpaired) electrons. The Morgan fingerprint density at radius 3 is 2.50 bits per heavy atom. The van der Waals surface area contributed by atoms with Crippen molar-refractivity contribution >= 4 is 11.7 Å². The Bertz CT molecular complexity index is 630. The van der Waals surface area contributed by atoms with Crippen molar-refractivity contribution < 1.29 is 9.53 Å². The Morgan fingerprint density at radius 2 is 1.85 bits per heavy atom. The summed E-state index contributed by atoms with van der Waals surface area (Å²) >= 11 is 0. The molecule has 0 spiro atoms. The van der Waals surface area contributed by atoms with E-state index in [4.69, 9.17) is 4.74 Å². The number of anilines is 1. The van der Waals surface area contributed by atoms with Crippen LogP contribution in [-0.4, -0.2) is 66.3 Å². The Morgan fingerprint density at radius 1 is 1.15 bits per heavy atom. The number of hydrogen-bond donors (Lipinski definition) is 1. The quantitative estimate of drug-likeness (QED) is 0.893.